The predicted octanol–water partition coefficient (Wildman–Crippen LogP) is 5.25. The van der Waals surface area contributed by atoms with Gasteiger partial charge >= 0.3 is 5.97 Å². The van der Waals surface area contributed by atoms with E-state index < -0.39 is 11.6 Å². The molecule has 1 unspecified atom stereocenters. The van der Waals surface area contributed by atoms with Crippen LogP contribution in [0.2, 0.25) is 0 Å². The first-order valence-corrected chi connectivity index (χ1v) is 10.6. The minimum Gasteiger partial charge on any atom is -0.503 e. The third-order valence-electron chi connectivity index (χ3n) is 5.00. The van der Waals surface area contributed by atoms with E-state index >= 15 is 0 Å². The number of carbonyl (C=O) groups is 1. The standard InChI is InChI=1S/C26H34O6/c1-18(2)13-14-30-24-17-31-22-12-11-20(15-23(22)32-26(24,4)5)10-8-9-19(3)21(16-28-6)25(27)29-7/h8-13,15-16,24H,14,17H2,1-7H3. The zero-order valence-corrected chi connectivity index (χ0v) is 20.1. The summed E-state index contributed by atoms with van der Waals surface area (Å²) in [6.45, 7) is 10.8. The highest BCUT2D eigenvalue weighted by Crippen LogP contribution is 2.36. The highest BCUT2D eigenvalue weighted by atomic mass is 16.6. The third-order valence-corrected chi connectivity index (χ3v) is 5.00. The van der Waals surface area contributed by atoms with Gasteiger partial charge in [-0.2, -0.15) is 0 Å². The van der Waals surface area contributed by atoms with E-state index in [0.29, 0.717) is 30.3 Å². The van der Waals surface area contributed by atoms with E-state index in [1.807, 2.05) is 77.1 Å². The third kappa shape index (κ3) is 7.02. The zero-order valence-electron chi connectivity index (χ0n) is 20.1. The lowest BCUT2D eigenvalue weighted by Crippen LogP contribution is -2.45. The van der Waals surface area contributed by atoms with Crippen LogP contribution in [0.25, 0.3) is 6.08 Å². The largest absolute Gasteiger partial charge is 0.503 e. The van der Waals surface area contributed by atoms with Gasteiger partial charge in [0, 0.05) is 0 Å². The first-order chi connectivity index (χ1) is 15.2. The van der Waals surface area contributed by atoms with Crippen LogP contribution < -0.4 is 9.47 Å². The van der Waals surface area contributed by atoms with Crippen LogP contribution in [0.15, 0.2) is 59.4 Å². The summed E-state index contributed by atoms with van der Waals surface area (Å²) in [7, 11) is 2.83. The fourth-order valence-electron chi connectivity index (χ4n) is 3.05. The molecule has 1 heterocycles. The topological polar surface area (TPSA) is 63.2 Å². The van der Waals surface area contributed by atoms with Crippen LogP contribution in [-0.2, 0) is 19.0 Å². The van der Waals surface area contributed by atoms with E-state index in [1.165, 1.54) is 26.1 Å². The van der Waals surface area contributed by atoms with Crippen molar-refractivity contribution in [3.63, 3.8) is 0 Å². The fraction of sp³-hybridized carbons (Fsp3) is 0.423. The van der Waals surface area contributed by atoms with Gasteiger partial charge in [-0.15, -0.1) is 0 Å². The number of hydrogen-bond donors (Lipinski definition) is 0. The summed E-state index contributed by atoms with van der Waals surface area (Å²) < 4.78 is 28.0. The monoisotopic (exact) mass is 442 g/mol. The van der Waals surface area contributed by atoms with E-state index in [9.17, 15) is 4.79 Å². The summed E-state index contributed by atoms with van der Waals surface area (Å²) in [4.78, 5) is 11.9. The van der Waals surface area contributed by atoms with Crippen molar-refractivity contribution in [2.45, 2.75) is 46.3 Å². The molecule has 1 aliphatic rings. The molecule has 174 valence electrons. The molecule has 2 rings (SSSR count). The van der Waals surface area contributed by atoms with Crippen molar-refractivity contribution in [2.24, 2.45) is 0 Å². The van der Waals surface area contributed by atoms with Gasteiger partial charge in [-0.05, 0) is 57.9 Å². The lowest BCUT2D eigenvalue weighted by molar-refractivity contribution is -0.135. The molecule has 0 fully saturated rings. The van der Waals surface area contributed by atoms with E-state index in [4.69, 9.17) is 23.7 Å². The predicted molar refractivity (Wildman–Crippen MR) is 126 cm³/mol. The van der Waals surface area contributed by atoms with Gasteiger partial charge < -0.3 is 23.7 Å². The van der Waals surface area contributed by atoms with Gasteiger partial charge in [0.05, 0.1) is 32.7 Å². The highest BCUT2D eigenvalue weighted by molar-refractivity contribution is 5.93. The first kappa shape index (κ1) is 25.3. The van der Waals surface area contributed by atoms with E-state index in [2.05, 4.69) is 0 Å². The van der Waals surface area contributed by atoms with Crippen LogP contribution in [0.4, 0.5) is 0 Å². The van der Waals surface area contributed by atoms with Crippen LogP contribution >= 0.6 is 0 Å². The van der Waals surface area contributed by atoms with Crippen molar-refractivity contribution in [1.29, 1.82) is 0 Å². The summed E-state index contributed by atoms with van der Waals surface area (Å²) >= 11 is 0. The summed E-state index contributed by atoms with van der Waals surface area (Å²) in [5.74, 6) is 0.903. The number of allylic oxidation sites excluding steroid dienone is 3. The summed E-state index contributed by atoms with van der Waals surface area (Å²) in [6.07, 6.45) is 8.81. The van der Waals surface area contributed by atoms with Gasteiger partial charge in [0.2, 0.25) is 0 Å². The number of hydrogen-bond acceptors (Lipinski definition) is 6. The molecule has 0 spiro atoms. The number of methoxy groups -OCH3 is 2. The second-order valence-corrected chi connectivity index (χ2v) is 8.29. The molecule has 1 aliphatic heterocycles. The van der Waals surface area contributed by atoms with Crippen LogP contribution in [-0.4, -0.2) is 45.1 Å². The lowest BCUT2D eigenvalue weighted by atomic mass is 10.0. The molecule has 0 saturated carbocycles. The maximum absolute atomic E-state index is 11.9. The number of esters is 1. The van der Waals surface area contributed by atoms with Gasteiger partial charge in [0.1, 0.15) is 18.3 Å². The second kappa shape index (κ2) is 11.6. The van der Waals surface area contributed by atoms with Gasteiger partial charge in [-0.25, -0.2) is 4.79 Å². The summed E-state index contributed by atoms with van der Waals surface area (Å²) in [5.41, 5.74) is 2.67. The normalized spacial score (nSPS) is 18.2. The fourth-order valence-corrected chi connectivity index (χ4v) is 3.05. The Morgan fingerprint density at radius 2 is 1.94 bits per heavy atom. The Morgan fingerprint density at radius 1 is 1.19 bits per heavy atom. The smallest absolute Gasteiger partial charge is 0.341 e. The molecule has 0 bridgehead atoms. The average molecular weight is 443 g/mol. The number of carbonyl (C=O) groups excluding carboxylic acids is 1. The molecule has 0 amide bonds. The van der Waals surface area contributed by atoms with Crippen molar-refractivity contribution in [1.82, 2.24) is 0 Å². The number of ether oxygens (including phenoxy) is 5. The molecule has 0 aromatic heterocycles. The average Bonchev–Trinajstić information content (AvgIpc) is 2.86. The van der Waals surface area contributed by atoms with E-state index in [0.717, 1.165) is 11.1 Å². The number of fused-ring (bicyclic) bond motifs is 1. The molecule has 32 heavy (non-hydrogen) atoms. The van der Waals surface area contributed by atoms with Crippen LogP contribution in [0.5, 0.6) is 11.5 Å². The molecule has 1 aromatic carbocycles. The van der Waals surface area contributed by atoms with Crippen molar-refractivity contribution >= 4 is 12.0 Å². The molecule has 0 N–H and O–H groups in total. The van der Waals surface area contributed by atoms with Gasteiger partial charge in [0.15, 0.2) is 11.5 Å². The Bertz CT molecular complexity index is 916. The SMILES string of the molecule is COC=C(C(=O)OC)C(C)=CC=Cc1ccc2c(c1)OC(C)(C)C(OCC=C(C)C)CO2. The molecule has 0 aliphatic carbocycles. The number of rotatable bonds is 8. The zero-order chi connectivity index (χ0) is 23.7. The van der Waals surface area contributed by atoms with Crippen molar-refractivity contribution in [3.05, 3.63) is 65.0 Å². The molecule has 0 radical (unpaired) electrons. The quantitative estimate of drug-likeness (QED) is 0.180. The highest BCUT2D eigenvalue weighted by Gasteiger charge is 2.36. The molecule has 6 heteroatoms. The summed E-state index contributed by atoms with van der Waals surface area (Å²) in [5, 5.41) is 0. The maximum atomic E-state index is 11.9. The Balaban J connectivity index is 2.17. The van der Waals surface area contributed by atoms with Crippen LogP contribution in [0, 0.1) is 0 Å². The molecule has 0 saturated heterocycles. The van der Waals surface area contributed by atoms with Crippen LogP contribution in [0.1, 0.15) is 40.2 Å². The second-order valence-electron chi connectivity index (χ2n) is 8.29. The van der Waals surface area contributed by atoms with Gasteiger partial charge in [-0.1, -0.05) is 35.9 Å². The maximum Gasteiger partial charge on any atom is 0.341 e. The minimum absolute atomic E-state index is 0.209. The Hall–Kier alpha value is -2.99. The van der Waals surface area contributed by atoms with Crippen molar-refractivity contribution < 1.29 is 28.5 Å². The Labute approximate surface area is 191 Å². The Kier molecular flexibility index (Phi) is 9.14. The summed E-state index contributed by atoms with van der Waals surface area (Å²) in [6, 6.07) is 5.78. The van der Waals surface area contributed by atoms with Gasteiger partial charge in [-0.3, -0.25) is 0 Å². The lowest BCUT2D eigenvalue weighted by Gasteiger charge is -2.31. The minimum atomic E-state index is -0.556. The van der Waals surface area contributed by atoms with Gasteiger partial charge in [0.25, 0.3) is 0 Å². The number of benzene rings is 1. The molecule has 6 nitrogen and oxygen atoms in total. The van der Waals surface area contributed by atoms with Crippen molar-refractivity contribution in [2.75, 3.05) is 27.4 Å². The van der Waals surface area contributed by atoms with E-state index in [-0.39, 0.29) is 6.10 Å². The van der Waals surface area contributed by atoms with Crippen molar-refractivity contribution in [3.8, 4) is 11.5 Å². The molecular weight excluding hydrogens is 408 g/mol. The van der Waals surface area contributed by atoms with Crippen LogP contribution in [0.3, 0.4) is 0 Å². The van der Waals surface area contributed by atoms with E-state index in [1.54, 1.807) is 0 Å². The first-order valence-electron chi connectivity index (χ1n) is 10.6. The molecular formula is C26H34O6. The molecule has 1 atom stereocenters. The molecule has 1 aromatic rings. The Morgan fingerprint density at radius 3 is 2.59 bits per heavy atom.